The lowest BCUT2D eigenvalue weighted by Gasteiger charge is -2.27. The van der Waals surface area contributed by atoms with Gasteiger partial charge in [0.05, 0.1) is 5.25 Å². The summed E-state index contributed by atoms with van der Waals surface area (Å²) in [5.41, 5.74) is 0.769. The Morgan fingerprint density at radius 1 is 1.29 bits per heavy atom. The first-order valence-corrected chi connectivity index (χ1v) is 9.94. The van der Waals surface area contributed by atoms with Crippen molar-refractivity contribution in [2.45, 2.75) is 30.6 Å². The van der Waals surface area contributed by atoms with Gasteiger partial charge in [-0.05, 0) is 37.5 Å². The Morgan fingerprint density at radius 3 is 2.75 bits per heavy atom. The molecule has 2 atom stereocenters. The predicted molar refractivity (Wildman–Crippen MR) is 94.3 cm³/mol. The number of carbonyl (C=O) groups is 1. The van der Waals surface area contributed by atoms with E-state index in [4.69, 9.17) is 4.42 Å². The molecule has 6 heteroatoms. The third-order valence-electron chi connectivity index (χ3n) is 4.65. The van der Waals surface area contributed by atoms with Gasteiger partial charge in [0.2, 0.25) is 5.91 Å². The number of hydrogen-bond acceptors (Lipinski definition) is 4. The van der Waals surface area contributed by atoms with Gasteiger partial charge < -0.3 is 9.32 Å². The Labute approximate surface area is 141 Å². The fourth-order valence-electron chi connectivity index (χ4n) is 3.37. The number of benzene rings is 1. The van der Waals surface area contributed by atoms with Crippen molar-refractivity contribution in [1.29, 1.82) is 0 Å². The summed E-state index contributed by atoms with van der Waals surface area (Å²) in [5, 5.41) is 0.511. The molecule has 1 aliphatic rings. The summed E-state index contributed by atoms with van der Waals surface area (Å²) in [7, 11) is -1.49. The average molecular weight is 347 g/mol. The Kier molecular flexibility index (Phi) is 4.49. The molecule has 1 fully saturated rings. The molecule has 0 saturated heterocycles. The van der Waals surface area contributed by atoms with E-state index in [9.17, 15) is 13.2 Å². The molecule has 1 saturated carbocycles. The number of nitrogens with zero attached hydrogens (tertiary/aromatic N) is 1. The highest BCUT2D eigenvalue weighted by molar-refractivity contribution is 7.91. The minimum Gasteiger partial charge on any atom is -0.457 e. The number of likely N-dealkylation sites (N-methyl/N-ethyl adjacent to an activating group) is 1. The zero-order valence-electron chi connectivity index (χ0n) is 13.8. The Bertz CT molecular complexity index is 848. The zero-order chi connectivity index (χ0) is 17.3. The minimum absolute atomic E-state index is 0.212. The van der Waals surface area contributed by atoms with Crippen molar-refractivity contribution in [2.75, 3.05) is 13.3 Å². The van der Waals surface area contributed by atoms with E-state index in [-0.39, 0.29) is 11.9 Å². The lowest BCUT2D eigenvalue weighted by molar-refractivity contribution is -0.126. The monoisotopic (exact) mass is 347 g/mol. The molecule has 0 bridgehead atoms. The summed E-state index contributed by atoms with van der Waals surface area (Å²) in [5.74, 6) is 0.389. The fourth-order valence-corrected chi connectivity index (χ4v) is 4.85. The summed E-state index contributed by atoms with van der Waals surface area (Å²) in [4.78, 5) is 13.9. The van der Waals surface area contributed by atoms with Crippen molar-refractivity contribution < 1.29 is 17.6 Å². The van der Waals surface area contributed by atoms with E-state index in [1.165, 1.54) is 17.2 Å². The number of furan rings is 1. The Morgan fingerprint density at radius 2 is 2.04 bits per heavy atom. The molecular formula is C18H21NO4S. The van der Waals surface area contributed by atoms with Gasteiger partial charge in [0.1, 0.15) is 11.3 Å². The van der Waals surface area contributed by atoms with E-state index in [0.717, 1.165) is 23.8 Å². The van der Waals surface area contributed by atoms with Gasteiger partial charge in [0, 0.05) is 30.8 Å². The summed E-state index contributed by atoms with van der Waals surface area (Å²) >= 11 is 0. The topological polar surface area (TPSA) is 67.6 Å². The summed E-state index contributed by atoms with van der Waals surface area (Å²) < 4.78 is 29.4. The second kappa shape index (κ2) is 6.43. The molecule has 1 aromatic heterocycles. The molecular weight excluding hydrogens is 326 g/mol. The maximum Gasteiger partial charge on any atom is 0.246 e. The predicted octanol–water partition coefficient (Wildman–Crippen LogP) is 2.87. The van der Waals surface area contributed by atoms with Gasteiger partial charge in [-0.3, -0.25) is 4.79 Å². The number of para-hydroxylation sites is 1. The average Bonchev–Trinajstić information content (AvgIpc) is 3.17. The summed E-state index contributed by atoms with van der Waals surface area (Å²) in [6.45, 7) is 0. The third kappa shape index (κ3) is 3.38. The van der Waals surface area contributed by atoms with E-state index in [1.807, 2.05) is 30.3 Å². The number of fused-ring (bicyclic) bond motifs is 1. The molecule has 0 spiro atoms. The van der Waals surface area contributed by atoms with Crippen LogP contribution in [-0.4, -0.2) is 43.8 Å². The number of rotatable bonds is 4. The largest absolute Gasteiger partial charge is 0.457 e. The normalized spacial score (nSPS) is 21.6. The van der Waals surface area contributed by atoms with Gasteiger partial charge in [-0.25, -0.2) is 8.42 Å². The van der Waals surface area contributed by atoms with Gasteiger partial charge in [0.15, 0.2) is 9.84 Å². The third-order valence-corrected chi connectivity index (χ3v) is 6.30. The zero-order valence-corrected chi connectivity index (χ0v) is 14.6. The maximum atomic E-state index is 12.4. The fraction of sp³-hybridized carbons (Fsp3) is 0.389. The van der Waals surface area contributed by atoms with Crippen LogP contribution in [0.4, 0.5) is 0 Å². The standard InChI is InChI=1S/C18H21NO4S/c1-19(15-7-5-9-17(15)24(2,21)22)18(20)11-10-14-12-13-6-3-4-8-16(13)23-14/h3-4,6,8,10-12,15,17H,5,7,9H2,1-2H3/b11-10+. The van der Waals surface area contributed by atoms with E-state index < -0.39 is 15.1 Å². The van der Waals surface area contributed by atoms with Crippen LogP contribution < -0.4 is 0 Å². The van der Waals surface area contributed by atoms with Crippen LogP contribution in [-0.2, 0) is 14.6 Å². The van der Waals surface area contributed by atoms with Crippen LogP contribution in [0.1, 0.15) is 25.0 Å². The van der Waals surface area contributed by atoms with E-state index >= 15 is 0 Å². The highest BCUT2D eigenvalue weighted by Crippen LogP contribution is 2.29. The molecule has 1 amide bonds. The lowest BCUT2D eigenvalue weighted by atomic mass is 10.2. The van der Waals surface area contributed by atoms with Crippen molar-refractivity contribution in [1.82, 2.24) is 4.90 Å². The van der Waals surface area contributed by atoms with Crippen LogP contribution in [0.2, 0.25) is 0 Å². The van der Waals surface area contributed by atoms with E-state index in [1.54, 1.807) is 13.1 Å². The van der Waals surface area contributed by atoms with Crippen molar-refractivity contribution in [3.63, 3.8) is 0 Å². The molecule has 2 unspecified atom stereocenters. The van der Waals surface area contributed by atoms with Gasteiger partial charge in [-0.1, -0.05) is 18.2 Å². The number of hydrogen-bond donors (Lipinski definition) is 0. The molecule has 0 aliphatic heterocycles. The van der Waals surface area contributed by atoms with Crippen molar-refractivity contribution in [3.05, 3.63) is 42.2 Å². The van der Waals surface area contributed by atoms with Crippen LogP contribution in [0.15, 0.2) is 40.8 Å². The lowest BCUT2D eigenvalue weighted by Crippen LogP contribution is -2.43. The van der Waals surface area contributed by atoms with Crippen LogP contribution in [0.5, 0.6) is 0 Å². The SMILES string of the molecule is CN(C(=O)/C=C/c1cc2ccccc2o1)C1CCCC1S(C)(=O)=O. The van der Waals surface area contributed by atoms with Gasteiger partial charge in [0.25, 0.3) is 0 Å². The molecule has 5 nitrogen and oxygen atoms in total. The highest BCUT2D eigenvalue weighted by atomic mass is 32.2. The Balaban J connectivity index is 1.74. The molecule has 1 aliphatic carbocycles. The molecule has 1 aromatic carbocycles. The van der Waals surface area contributed by atoms with Crippen molar-refractivity contribution >= 4 is 32.8 Å². The molecule has 3 rings (SSSR count). The molecule has 24 heavy (non-hydrogen) atoms. The van der Waals surface area contributed by atoms with Gasteiger partial charge in [-0.15, -0.1) is 0 Å². The first-order chi connectivity index (χ1) is 11.4. The van der Waals surface area contributed by atoms with Gasteiger partial charge >= 0.3 is 0 Å². The van der Waals surface area contributed by atoms with Gasteiger partial charge in [-0.2, -0.15) is 0 Å². The van der Waals surface area contributed by atoms with E-state index in [0.29, 0.717) is 12.2 Å². The highest BCUT2D eigenvalue weighted by Gasteiger charge is 2.38. The molecule has 0 radical (unpaired) electrons. The van der Waals surface area contributed by atoms with Crippen LogP contribution in [0.3, 0.4) is 0 Å². The quantitative estimate of drug-likeness (QED) is 0.798. The molecule has 0 N–H and O–H groups in total. The first kappa shape index (κ1) is 16.8. The molecule has 1 heterocycles. The van der Waals surface area contributed by atoms with Crippen molar-refractivity contribution in [2.24, 2.45) is 0 Å². The summed E-state index contributed by atoms with van der Waals surface area (Å²) in [6.07, 6.45) is 6.48. The van der Waals surface area contributed by atoms with Crippen LogP contribution in [0.25, 0.3) is 17.0 Å². The Hall–Kier alpha value is -2.08. The summed E-state index contributed by atoms with van der Waals surface area (Å²) in [6, 6.07) is 9.25. The van der Waals surface area contributed by atoms with Crippen molar-refractivity contribution in [3.8, 4) is 0 Å². The second-order valence-corrected chi connectivity index (χ2v) is 8.60. The number of sulfone groups is 1. The molecule has 2 aromatic rings. The second-order valence-electron chi connectivity index (χ2n) is 6.34. The maximum absolute atomic E-state index is 12.4. The number of carbonyl (C=O) groups excluding carboxylic acids is 1. The smallest absolute Gasteiger partial charge is 0.246 e. The van der Waals surface area contributed by atoms with Crippen LogP contribution >= 0.6 is 0 Å². The molecule has 128 valence electrons. The first-order valence-electron chi connectivity index (χ1n) is 7.98. The number of amides is 1. The van der Waals surface area contributed by atoms with Crippen LogP contribution in [0, 0.1) is 0 Å². The minimum atomic E-state index is -3.15. The van der Waals surface area contributed by atoms with E-state index in [2.05, 4.69) is 0 Å².